The lowest BCUT2D eigenvalue weighted by molar-refractivity contribution is -0.134. The van der Waals surface area contributed by atoms with Crippen LogP contribution in [0.2, 0.25) is 0 Å². The van der Waals surface area contributed by atoms with E-state index in [1.54, 1.807) is 12.1 Å². The number of ketones is 1. The van der Waals surface area contributed by atoms with Gasteiger partial charge in [-0.1, -0.05) is 0 Å². The van der Waals surface area contributed by atoms with Crippen molar-refractivity contribution in [2.24, 2.45) is 5.92 Å². The molecule has 0 aliphatic carbocycles. The Kier molecular flexibility index (Phi) is 6.19. The lowest BCUT2D eigenvalue weighted by atomic mass is 10.0. The van der Waals surface area contributed by atoms with E-state index >= 15 is 0 Å². The highest BCUT2D eigenvalue weighted by molar-refractivity contribution is 6.05. The fraction of sp³-hybridized carbons (Fsp3) is 0.571. The first-order chi connectivity index (χ1) is 14.5. The van der Waals surface area contributed by atoms with Crippen molar-refractivity contribution in [1.29, 1.82) is 0 Å². The highest BCUT2D eigenvalue weighted by atomic mass is 16.7. The van der Waals surface area contributed by atoms with Crippen LogP contribution in [-0.2, 0) is 14.3 Å². The van der Waals surface area contributed by atoms with Crippen molar-refractivity contribution in [3.8, 4) is 11.5 Å². The van der Waals surface area contributed by atoms with Crippen molar-refractivity contribution < 1.29 is 28.6 Å². The van der Waals surface area contributed by atoms with Gasteiger partial charge in [-0.05, 0) is 25.3 Å². The maximum absolute atomic E-state index is 12.6. The topological polar surface area (TPSA) is 97.4 Å². The standard InChI is InChI=1S/C21H27N3O6/c1-14(25)16-9-18-19(30-13-29-18)10-17(16)22-20(26)11-23-3-5-24(6-4-23)21(27)8-15-2-7-28-12-15/h9-10,15H,2-8,11-13H2,1H3,(H,22,26). The zero-order valence-electron chi connectivity index (χ0n) is 17.1. The van der Waals surface area contributed by atoms with E-state index in [4.69, 9.17) is 14.2 Å². The molecule has 2 saturated heterocycles. The zero-order chi connectivity index (χ0) is 21.1. The summed E-state index contributed by atoms with van der Waals surface area (Å²) in [5, 5.41) is 2.82. The van der Waals surface area contributed by atoms with Crippen LogP contribution in [0.3, 0.4) is 0 Å². The Balaban J connectivity index is 1.28. The van der Waals surface area contributed by atoms with Crippen molar-refractivity contribution in [2.45, 2.75) is 19.8 Å². The average molecular weight is 417 g/mol. The van der Waals surface area contributed by atoms with E-state index in [9.17, 15) is 14.4 Å². The predicted octanol–water partition coefficient (Wildman–Crippen LogP) is 1.13. The Morgan fingerprint density at radius 3 is 2.50 bits per heavy atom. The molecule has 0 spiro atoms. The van der Waals surface area contributed by atoms with Crippen LogP contribution in [0.4, 0.5) is 5.69 Å². The molecule has 3 heterocycles. The summed E-state index contributed by atoms with van der Waals surface area (Å²) in [7, 11) is 0. The molecule has 1 aromatic carbocycles. The van der Waals surface area contributed by atoms with Gasteiger partial charge in [-0.25, -0.2) is 0 Å². The van der Waals surface area contributed by atoms with E-state index in [-0.39, 0.29) is 30.9 Å². The van der Waals surface area contributed by atoms with Crippen LogP contribution >= 0.6 is 0 Å². The van der Waals surface area contributed by atoms with Gasteiger partial charge in [0.25, 0.3) is 0 Å². The Hall–Kier alpha value is -2.65. The molecule has 1 N–H and O–H groups in total. The highest BCUT2D eigenvalue weighted by Gasteiger charge is 2.27. The Labute approximate surface area is 175 Å². The van der Waals surface area contributed by atoms with E-state index in [0.717, 1.165) is 13.0 Å². The molecule has 3 aliphatic rings. The molecule has 0 saturated carbocycles. The second-order valence-corrected chi connectivity index (χ2v) is 7.95. The molecule has 1 atom stereocenters. The van der Waals surface area contributed by atoms with E-state index in [1.165, 1.54) is 6.92 Å². The summed E-state index contributed by atoms with van der Waals surface area (Å²) in [6.45, 7) is 5.67. The number of amides is 2. The molecular weight excluding hydrogens is 390 g/mol. The van der Waals surface area contributed by atoms with Gasteiger partial charge in [-0.3, -0.25) is 19.3 Å². The minimum absolute atomic E-state index is 0.0981. The van der Waals surface area contributed by atoms with Crippen LogP contribution in [0, 0.1) is 5.92 Å². The van der Waals surface area contributed by atoms with Crippen molar-refractivity contribution in [2.75, 3.05) is 58.0 Å². The van der Waals surface area contributed by atoms with Gasteiger partial charge in [0.05, 0.1) is 12.2 Å². The maximum Gasteiger partial charge on any atom is 0.238 e. The molecular formula is C21H27N3O6. The lowest BCUT2D eigenvalue weighted by Gasteiger charge is -2.34. The molecule has 9 nitrogen and oxygen atoms in total. The number of nitrogens with one attached hydrogen (secondary N) is 1. The number of nitrogens with zero attached hydrogens (tertiary/aromatic N) is 2. The number of rotatable bonds is 6. The van der Waals surface area contributed by atoms with Gasteiger partial charge in [0.2, 0.25) is 18.6 Å². The molecule has 0 radical (unpaired) electrons. The van der Waals surface area contributed by atoms with Crippen molar-refractivity contribution in [3.63, 3.8) is 0 Å². The van der Waals surface area contributed by atoms with Gasteiger partial charge in [-0.2, -0.15) is 0 Å². The monoisotopic (exact) mass is 417 g/mol. The minimum Gasteiger partial charge on any atom is -0.454 e. The van der Waals surface area contributed by atoms with Crippen LogP contribution < -0.4 is 14.8 Å². The normalized spacial score (nSPS) is 21.0. The van der Waals surface area contributed by atoms with Crippen LogP contribution in [0.1, 0.15) is 30.1 Å². The van der Waals surface area contributed by atoms with Crippen LogP contribution in [0.25, 0.3) is 0 Å². The highest BCUT2D eigenvalue weighted by Crippen LogP contribution is 2.37. The first kappa shape index (κ1) is 20.6. The molecule has 4 rings (SSSR count). The third-order valence-corrected chi connectivity index (χ3v) is 5.75. The number of carbonyl (C=O) groups excluding carboxylic acids is 3. The Morgan fingerprint density at radius 2 is 1.83 bits per heavy atom. The molecule has 2 amide bonds. The summed E-state index contributed by atoms with van der Waals surface area (Å²) in [5.41, 5.74) is 0.809. The molecule has 162 valence electrons. The average Bonchev–Trinajstić information content (AvgIpc) is 3.39. The van der Waals surface area contributed by atoms with Crippen molar-refractivity contribution >= 4 is 23.3 Å². The molecule has 2 fully saturated rings. The number of ether oxygens (including phenoxy) is 3. The third kappa shape index (κ3) is 4.73. The molecule has 1 unspecified atom stereocenters. The largest absolute Gasteiger partial charge is 0.454 e. The minimum atomic E-state index is -0.209. The Bertz CT molecular complexity index is 828. The molecule has 0 bridgehead atoms. The predicted molar refractivity (Wildman–Crippen MR) is 108 cm³/mol. The van der Waals surface area contributed by atoms with Crippen LogP contribution in [0.5, 0.6) is 11.5 Å². The summed E-state index contributed by atoms with van der Waals surface area (Å²) < 4.78 is 16.0. The van der Waals surface area contributed by atoms with Gasteiger partial charge >= 0.3 is 0 Å². The van der Waals surface area contributed by atoms with Gasteiger partial charge in [-0.15, -0.1) is 0 Å². The second kappa shape index (κ2) is 9.01. The number of hydrogen-bond donors (Lipinski definition) is 1. The third-order valence-electron chi connectivity index (χ3n) is 5.75. The molecule has 0 aromatic heterocycles. The van der Waals surface area contributed by atoms with Gasteiger partial charge in [0, 0.05) is 57.4 Å². The number of hydrogen-bond acceptors (Lipinski definition) is 7. The first-order valence-corrected chi connectivity index (χ1v) is 10.3. The van der Waals surface area contributed by atoms with Gasteiger partial charge < -0.3 is 24.4 Å². The fourth-order valence-corrected chi connectivity index (χ4v) is 4.01. The molecule has 30 heavy (non-hydrogen) atoms. The second-order valence-electron chi connectivity index (χ2n) is 7.95. The maximum atomic E-state index is 12.6. The van der Waals surface area contributed by atoms with Crippen LogP contribution in [0.15, 0.2) is 12.1 Å². The smallest absolute Gasteiger partial charge is 0.238 e. The summed E-state index contributed by atoms with van der Waals surface area (Å²) in [6.07, 6.45) is 1.49. The van der Waals surface area contributed by atoms with E-state index in [1.807, 2.05) is 9.80 Å². The molecule has 1 aromatic rings. The number of anilines is 1. The van der Waals surface area contributed by atoms with Gasteiger partial charge in [0.1, 0.15) is 0 Å². The number of carbonyl (C=O) groups is 3. The number of piperazine rings is 1. The lowest BCUT2D eigenvalue weighted by Crippen LogP contribution is -2.50. The molecule has 9 heteroatoms. The van der Waals surface area contributed by atoms with Crippen LogP contribution in [-0.4, -0.2) is 80.1 Å². The quantitative estimate of drug-likeness (QED) is 0.693. The summed E-state index contributed by atoms with van der Waals surface area (Å²) in [6, 6.07) is 3.22. The van der Waals surface area contributed by atoms with Crippen molar-refractivity contribution in [1.82, 2.24) is 9.80 Å². The van der Waals surface area contributed by atoms with E-state index < -0.39 is 0 Å². The number of fused-ring (bicyclic) bond motifs is 1. The Morgan fingerprint density at radius 1 is 1.10 bits per heavy atom. The first-order valence-electron chi connectivity index (χ1n) is 10.3. The molecule has 3 aliphatic heterocycles. The number of Topliss-reactive ketones (excluding diaryl/α,β-unsaturated/α-hetero) is 1. The zero-order valence-corrected chi connectivity index (χ0v) is 17.1. The summed E-state index contributed by atoms with van der Waals surface area (Å²) in [5.74, 6) is 1.14. The SMILES string of the molecule is CC(=O)c1cc2c(cc1NC(=O)CN1CCN(C(=O)CC3CCOC3)CC1)OCO2. The number of benzene rings is 1. The van der Waals surface area contributed by atoms with Crippen molar-refractivity contribution in [3.05, 3.63) is 17.7 Å². The summed E-state index contributed by atoms with van der Waals surface area (Å²) >= 11 is 0. The summed E-state index contributed by atoms with van der Waals surface area (Å²) in [4.78, 5) is 40.9. The van der Waals surface area contributed by atoms with E-state index in [2.05, 4.69) is 5.32 Å². The van der Waals surface area contributed by atoms with Gasteiger partial charge in [0.15, 0.2) is 17.3 Å². The van der Waals surface area contributed by atoms with E-state index in [0.29, 0.717) is 67.9 Å². The fourth-order valence-electron chi connectivity index (χ4n) is 4.01.